The van der Waals surface area contributed by atoms with Gasteiger partial charge in [-0.25, -0.2) is 0 Å². The Morgan fingerprint density at radius 2 is 1.96 bits per heavy atom. The zero-order chi connectivity index (χ0) is 17.5. The van der Waals surface area contributed by atoms with Gasteiger partial charge in [0.05, 0.1) is 14.2 Å². The number of nitrogens with one attached hydrogen (secondary N) is 2. The maximum Gasteiger partial charge on any atom is 0.275 e. The third kappa shape index (κ3) is 5.82. The van der Waals surface area contributed by atoms with Crippen LogP contribution in [0.2, 0.25) is 5.02 Å². The molecule has 0 bridgehead atoms. The maximum absolute atomic E-state index is 12.1. The number of likely N-dealkylation sites (N-methyl/N-ethyl adjacent to an activating group) is 1. The molecule has 0 saturated heterocycles. The third-order valence-corrected chi connectivity index (χ3v) is 4.35. The molecule has 6 heteroatoms. The first kappa shape index (κ1) is 18.8. The fourth-order valence-electron chi connectivity index (χ4n) is 2.41. The molecule has 0 aliphatic rings. The number of rotatable bonds is 7. The zero-order valence-electron chi connectivity index (χ0n) is 13.7. The van der Waals surface area contributed by atoms with Gasteiger partial charge in [-0.05, 0) is 35.9 Å². The Bertz CT molecular complexity index is 692. The first-order valence-electron chi connectivity index (χ1n) is 7.63. The third-order valence-electron chi connectivity index (χ3n) is 3.60. The van der Waals surface area contributed by atoms with Crippen LogP contribution in [-0.2, 0) is 17.9 Å². The Hall–Kier alpha value is -1.56. The molecule has 0 spiro atoms. The second-order valence-electron chi connectivity index (χ2n) is 5.67. The molecule has 0 heterocycles. The van der Waals surface area contributed by atoms with Crippen molar-refractivity contribution in [3.8, 4) is 5.75 Å². The number of methoxy groups -OCH3 is 1. The van der Waals surface area contributed by atoms with E-state index in [9.17, 15) is 4.79 Å². The first-order valence-corrected chi connectivity index (χ1v) is 8.80. The molecule has 0 fully saturated rings. The summed E-state index contributed by atoms with van der Waals surface area (Å²) in [5.41, 5.74) is 2.09. The number of halogens is 2. The van der Waals surface area contributed by atoms with Crippen molar-refractivity contribution in [2.45, 2.75) is 13.1 Å². The molecule has 2 aromatic rings. The standard InChI is InChI=1S/C18H20BrClN2O2/c1-22(11-14-9-15(19)5-8-17(14)24-2)12-18(23)21-10-13-3-6-16(20)7-4-13/h3-9H,10-12H2,1-2H3,(H,21,23)/p+1. The van der Waals surface area contributed by atoms with Crippen LogP contribution in [0.1, 0.15) is 11.1 Å². The Kier molecular flexibility index (Phi) is 7.09. The van der Waals surface area contributed by atoms with E-state index in [0.29, 0.717) is 24.7 Å². The Labute approximate surface area is 155 Å². The van der Waals surface area contributed by atoms with Gasteiger partial charge in [-0.15, -0.1) is 0 Å². The lowest BCUT2D eigenvalue weighted by Crippen LogP contribution is -3.08. The average molecular weight is 413 g/mol. The molecular formula is C18H21BrClN2O2+. The number of hydrogen-bond donors (Lipinski definition) is 2. The number of carbonyl (C=O) groups excluding carboxylic acids is 1. The smallest absolute Gasteiger partial charge is 0.275 e. The predicted octanol–water partition coefficient (Wildman–Crippen LogP) is 2.44. The molecule has 4 nitrogen and oxygen atoms in total. The van der Waals surface area contributed by atoms with Gasteiger partial charge in [0.15, 0.2) is 6.54 Å². The molecule has 1 amide bonds. The summed E-state index contributed by atoms with van der Waals surface area (Å²) in [6.07, 6.45) is 0. The van der Waals surface area contributed by atoms with Gasteiger partial charge in [0, 0.05) is 21.6 Å². The quantitative estimate of drug-likeness (QED) is 0.733. The van der Waals surface area contributed by atoms with Gasteiger partial charge in [-0.3, -0.25) is 4.79 Å². The minimum absolute atomic E-state index is 0.0106. The molecule has 1 unspecified atom stereocenters. The summed E-state index contributed by atoms with van der Waals surface area (Å²) in [4.78, 5) is 13.2. The lowest BCUT2D eigenvalue weighted by molar-refractivity contribution is -0.885. The number of ether oxygens (including phenoxy) is 1. The van der Waals surface area contributed by atoms with Crippen molar-refractivity contribution in [3.63, 3.8) is 0 Å². The fraction of sp³-hybridized carbons (Fsp3) is 0.278. The van der Waals surface area contributed by atoms with E-state index >= 15 is 0 Å². The number of amides is 1. The Morgan fingerprint density at radius 3 is 2.62 bits per heavy atom. The summed E-state index contributed by atoms with van der Waals surface area (Å²) in [6, 6.07) is 13.3. The monoisotopic (exact) mass is 411 g/mol. The first-order chi connectivity index (χ1) is 11.5. The van der Waals surface area contributed by atoms with E-state index in [1.54, 1.807) is 7.11 Å². The summed E-state index contributed by atoms with van der Waals surface area (Å²) < 4.78 is 6.37. The summed E-state index contributed by atoms with van der Waals surface area (Å²) in [6.45, 7) is 1.60. The van der Waals surface area contributed by atoms with Crippen LogP contribution in [-0.4, -0.2) is 26.6 Å². The fourth-order valence-corrected chi connectivity index (χ4v) is 2.95. The second kappa shape index (κ2) is 9.06. The molecule has 2 N–H and O–H groups in total. The highest BCUT2D eigenvalue weighted by molar-refractivity contribution is 9.10. The molecule has 2 rings (SSSR count). The van der Waals surface area contributed by atoms with Gasteiger partial charge in [-0.2, -0.15) is 0 Å². The molecular weight excluding hydrogens is 392 g/mol. The molecule has 24 heavy (non-hydrogen) atoms. The van der Waals surface area contributed by atoms with Gasteiger partial charge < -0.3 is 15.0 Å². The van der Waals surface area contributed by atoms with Crippen LogP contribution in [0.5, 0.6) is 5.75 Å². The highest BCUT2D eigenvalue weighted by atomic mass is 79.9. The van der Waals surface area contributed by atoms with Crippen molar-refractivity contribution in [1.29, 1.82) is 0 Å². The van der Waals surface area contributed by atoms with Gasteiger partial charge in [0.1, 0.15) is 12.3 Å². The zero-order valence-corrected chi connectivity index (χ0v) is 16.1. The normalized spacial score (nSPS) is 11.8. The summed E-state index contributed by atoms with van der Waals surface area (Å²) in [5.74, 6) is 0.843. The molecule has 0 aliphatic carbocycles. The highest BCUT2D eigenvalue weighted by Crippen LogP contribution is 2.22. The van der Waals surface area contributed by atoms with Crippen molar-refractivity contribution in [1.82, 2.24) is 5.32 Å². The van der Waals surface area contributed by atoms with E-state index in [4.69, 9.17) is 16.3 Å². The molecule has 1 atom stereocenters. The van der Waals surface area contributed by atoms with Crippen LogP contribution >= 0.6 is 27.5 Å². The predicted molar refractivity (Wildman–Crippen MR) is 99.5 cm³/mol. The van der Waals surface area contributed by atoms with Crippen LogP contribution in [0, 0.1) is 0 Å². The summed E-state index contributed by atoms with van der Waals surface area (Å²) >= 11 is 9.32. The minimum atomic E-state index is 0.0106. The largest absolute Gasteiger partial charge is 0.496 e. The minimum Gasteiger partial charge on any atom is -0.496 e. The number of hydrogen-bond acceptors (Lipinski definition) is 2. The number of quaternary nitrogens is 1. The van der Waals surface area contributed by atoms with Crippen LogP contribution in [0.15, 0.2) is 46.9 Å². The summed E-state index contributed by atoms with van der Waals surface area (Å²) in [7, 11) is 3.64. The van der Waals surface area contributed by atoms with Crippen molar-refractivity contribution in [2.24, 2.45) is 0 Å². The SMILES string of the molecule is COc1ccc(Br)cc1C[NH+](C)CC(=O)NCc1ccc(Cl)cc1. The van der Waals surface area contributed by atoms with Crippen molar-refractivity contribution >= 4 is 33.4 Å². The van der Waals surface area contributed by atoms with Gasteiger partial charge in [0.2, 0.25) is 0 Å². The van der Waals surface area contributed by atoms with Crippen molar-refractivity contribution in [2.75, 3.05) is 20.7 Å². The molecule has 0 saturated carbocycles. The summed E-state index contributed by atoms with van der Waals surface area (Å²) in [5, 5.41) is 3.62. The van der Waals surface area contributed by atoms with E-state index in [1.807, 2.05) is 49.5 Å². The van der Waals surface area contributed by atoms with E-state index in [-0.39, 0.29) is 5.91 Å². The lowest BCUT2D eigenvalue weighted by atomic mass is 10.2. The van der Waals surface area contributed by atoms with Crippen LogP contribution in [0.25, 0.3) is 0 Å². The van der Waals surface area contributed by atoms with Crippen LogP contribution in [0.4, 0.5) is 0 Å². The molecule has 2 aromatic carbocycles. The van der Waals surface area contributed by atoms with Gasteiger partial charge >= 0.3 is 0 Å². The van der Waals surface area contributed by atoms with E-state index in [2.05, 4.69) is 21.2 Å². The molecule has 0 radical (unpaired) electrons. The van der Waals surface area contributed by atoms with E-state index in [1.165, 1.54) is 0 Å². The Morgan fingerprint density at radius 1 is 1.25 bits per heavy atom. The second-order valence-corrected chi connectivity index (χ2v) is 7.02. The highest BCUT2D eigenvalue weighted by Gasteiger charge is 2.13. The number of benzene rings is 2. The van der Waals surface area contributed by atoms with Gasteiger partial charge in [0.25, 0.3) is 5.91 Å². The molecule has 0 aliphatic heterocycles. The topological polar surface area (TPSA) is 42.8 Å². The van der Waals surface area contributed by atoms with E-state index < -0.39 is 0 Å². The van der Waals surface area contributed by atoms with Gasteiger partial charge in [-0.1, -0.05) is 39.7 Å². The Balaban J connectivity index is 1.85. The van der Waals surface area contributed by atoms with E-state index in [0.717, 1.165) is 26.2 Å². The van der Waals surface area contributed by atoms with Crippen molar-refractivity contribution < 1.29 is 14.4 Å². The van der Waals surface area contributed by atoms with Crippen LogP contribution in [0.3, 0.4) is 0 Å². The molecule has 128 valence electrons. The number of carbonyl (C=O) groups is 1. The molecule has 0 aromatic heterocycles. The van der Waals surface area contributed by atoms with Crippen LogP contribution < -0.4 is 15.0 Å². The lowest BCUT2D eigenvalue weighted by Gasteiger charge is -2.16. The average Bonchev–Trinajstić information content (AvgIpc) is 2.54. The maximum atomic E-state index is 12.1. The van der Waals surface area contributed by atoms with Crippen molar-refractivity contribution in [3.05, 3.63) is 63.1 Å².